The van der Waals surface area contributed by atoms with Crippen LogP contribution in [0.2, 0.25) is 0 Å². The number of hydrogen-bond acceptors (Lipinski definition) is 3. The summed E-state index contributed by atoms with van der Waals surface area (Å²) in [4.78, 5) is 3.78. The molecule has 1 aromatic carbocycles. The first-order valence-corrected chi connectivity index (χ1v) is 7.15. The Hall–Kier alpha value is -1.79. The largest absolute Gasteiger partial charge is 0.265 e. The molecule has 1 heterocycles. The van der Waals surface area contributed by atoms with Crippen molar-refractivity contribution in [2.24, 2.45) is 0 Å². The summed E-state index contributed by atoms with van der Waals surface area (Å²) >= 11 is 0. The van der Waals surface area contributed by atoms with Crippen molar-refractivity contribution in [3.05, 3.63) is 60.2 Å². The molecule has 0 amide bonds. The monoisotopic (exact) mass is 280 g/mol. The molecule has 0 saturated carbocycles. The summed E-state index contributed by atoms with van der Waals surface area (Å²) in [6.07, 6.45) is 3.17. The molecule has 0 aliphatic rings. The summed E-state index contributed by atoms with van der Waals surface area (Å²) in [7, 11) is -3.74. The molecule has 19 heavy (non-hydrogen) atoms. The maximum atomic E-state index is 13.1. The van der Waals surface area contributed by atoms with E-state index in [2.05, 4.69) is 9.71 Å². The maximum absolute atomic E-state index is 13.1. The van der Waals surface area contributed by atoms with Gasteiger partial charge in [-0.3, -0.25) is 4.98 Å². The standard InChI is InChI=1S/C13H13FN2O2S/c1-10(11-5-7-15-8-6-11)16-19(17,18)13-4-2-3-12(14)9-13/h2-10,16H,1H3/t10-/m1/s1. The van der Waals surface area contributed by atoms with Crippen LogP contribution in [0.1, 0.15) is 18.5 Å². The van der Waals surface area contributed by atoms with E-state index in [9.17, 15) is 12.8 Å². The molecule has 0 unspecified atom stereocenters. The van der Waals surface area contributed by atoms with Crippen molar-refractivity contribution in [1.82, 2.24) is 9.71 Å². The van der Waals surface area contributed by atoms with Gasteiger partial charge in [0, 0.05) is 18.4 Å². The highest BCUT2D eigenvalue weighted by Crippen LogP contribution is 2.16. The second-order valence-corrected chi connectivity index (χ2v) is 5.79. The summed E-state index contributed by atoms with van der Waals surface area (Å²) in [5, 5.41) is 0. The fourth-order valence-corrected chi connectivity index (χ4v) is 2.92. The Bertz CT molecular complexity index is 659. The van der Waals surface area contributed by atoms with Crippen molar-refractivity contribution in [2.45, 2.75) is 17.9 Å². The van der Waals surface area contributed by atoms with Gasteiger partial charge in [-0.1, -0.05) is 6.07 Å². The Morgan fingerprint density at radius 3 is 2.53 bits per heavy atom. The Morgan fingerprint density at radius 2 is 1.89 bits per heavy atom. The van der Waals surface area contributed by atoms with Crippen molar-refractivity contribution in [1.29, 1.82) is 0 Å². The van der Waals surface area contributed by atoms with Crippen LogP contribution >= 0.6 is 0 Å². The van der Waals surface area contributed by atoms with Crippen molar-refractivity contribution < 1.29 is 12.8 Å². The van der Waals surface area contributed by atoms with Gasteiger partial charge in [0.1, 0.15) is 5.82 Å². The van der Waals surface area contributed by atoms with Crippen LogP contribution in [0.5, 0.6) is 0 Å². The van der Waals surface area contributed by atoms with E-state index in [1.165, 1.54) is 18.2 Å². The third kappa shape index (κ3) is 3.36. The molecular formula is C13H13FN2O2S. The van der Waals surface area contributed by atoms with E-state index in [1.54, 1.807) is 31.5 Å². The van der Waals surface area contributed by atoms with Crippen LogP contribution < -0.4 is 4.72 Å². The van der Waals surface area contributed by atoms with Crippen molar-refractivity contribution >= 4 is 10.0 Å². The van der Waals surface area contributed by atoms with Crippen LogP contribution in [0.3, 0.4) is 0 Å². The molecule has 0 radical (unpaired) electrons. The molecule has 4 nitrogen and oxygen atoms in total. The topological polar surface area (TPSA) is 59.1 Å². The molecule has 1 aromatic heterocycles. The normalized spacial score (nSPS) is 13.2. The Balaban J connectivity index is 2.23. The van der Waals surface area contributed by atoms with Crippen LogP contribution in [0.4, 0.5) is 4.39 Å². The molecule has 6 heteroatoms. The van der Waals surface area contributed by atoms with Gasteiger partial charge in [0.2, 0.25) is 10.0 Å². The number of halogens is 1. The maximum Gasteiger partial charge on any atom is 0.241 e. The van der Waals surface area contributed by atoms with E-state index in [0.29, 0.717) is 0 Å². The second kappa shape index (κ2) is 5.46. The molecule has 0 aliphatic carbocycles. The molecule has 0 bridgehead atoms. The van der Waals surface area contributed by atoms with E-state index in [0.717, 1.165) is 11.6 Å². The molecule has 0 saturated heterocycles. The van der Waals surface area contributed by atoms with Gasteiger partial charge in [-0.05, 0) is 42.8 Å². The van der Waals surface area contributed by atoms with E-state index >= 15 is 0 Å². The van der Waals surface area contributed by atoms with Gasteiger partial charge in [-0.15, -0.1) is 0 Å². The summed E-state index contributed by atoms with van der Waals surface area (Å²) in [6.45, 7) is 1.71. The van der Waals surface area contributed by atoms with E-state index in [1.807, 2.05) is 0 Å². The van der Waals surface area contributed by atoms with Crippen LogP contribution in [0.25, 0.3) is 0 Å². The molecule has 2 rings (SSSR count). The number of rotatable bonds is 4. The number of benzene rings is 1. The number of nitrogens with one attached hydrogen (secondary N) is 1. The lowest BCUT2D eigenvalue weighted by Crippen LogP contribution is -2.27. The van der Waals surface area contributed by atoms with E-state index < -0.39 is 21.9 Å². The lowest BCUT2D eigenvalue weighted by atomic mass is 10.1. The number of pyridine rings is 1. The molecule has 0 aliphatic heterocycles. The van der Waals surface area contributed by atoms with Gasteiger partial charge >= 0.3 is 0 Å². The predicted octanol–water partition coefficient (Wildman–Crippen LogP) is 2.26. The zero-order valence-electron chi connectivity index (χ0n) is 10.2. The van der Waals surface area contributed by atoms with Crippen molar-refractivity contribution in [2.75, 3.05) is 0 Å². The summed E-state index contributed by atoms with van der Waals surface area (Å²) in [5.41, 5.74) is 0.787. The molecule has 1 N–H and O–H groups in total. The Kier molecular flexibility index (Phi) is 3.92. The molecule has 0 fully saturated rings. The van der Waals surface area contributed by atoms with Crippen LogP contribution in [-0.4, -0.2) is 13.4 Å². The van der Waals surface area contributed by atoms with Gasteiger partial charge in [-0.25, -0.2) is 17.5 Å². The minimum atomic E-state index is -3.74. The smallest absolute Gasteiger partial charge is 0.241 e. The third-order valence-corrected chi connectivity index (χ3v) is 4.18. The minimum Gasteiger partial charge on any atom is -0.265 e. The number of sulfonamides is 1. The highest BCUT2D eigenvalue weighted by atomic mass is 32.2. The Morgan fingerprint density at radius 1 is 1.21 bits per heavy atom. The van der Waals surface area contributed by atoms with Crippen molar-refractivity contribution in [3.8, 4) is 0 Å². The first kappa shape index (κ1) is 13.6. The number of aromatic nitrogens is 1. The number of hydrogen-bond donors (Lipinski definition) is 1. The van der Waals surface area contributed by atoms with Gasteiger partial charge < -0.3 is 0 Å². The third-order valence-electron chi connectivity index (χ3n) is 2.64. The zero-order chi connectivity index (χ0) is 13.9. The molecule has 100 valence electrons. The van der Waals surface area contributed by atoms with E-state index in [4.69, 9.17) is 0 Å². The zero-order valence-corrected chi connectivity index (χ0v) is 11.1. The highest BCUT2D eigenvalue weighted by molar-refractivity contribution is 7.89. The lowest BCUT2D eigenvalue weighted by molar-refractivity contribution is 0.564. The molecular weight excluding hydrogens is 267 g/mol. The van der Waals surface area contributed by atoms with Crippen LogP contribution in [-0.2, 0) is 10.0 Å². The molecule has 1 atom stereocenters. The average Bonchev–Trinajstić information content (AvgIpc) is 2.39. The van der Waals surface area contributed by atoms with Crippen molar-refractivity contribution in [3.63, 3.8) is 0 Å². The SMILES string of the molecule is C[C@@H](NS(=O)(=O)c1cccc(F)c1)c1ccncc1. The summed E-state index contributed by atoms with van der Waals surface area (Å²) < 4.78 is 39.7. The van der Waals surface area contributed by atoms with Gasteiger partial charge in [0.05, 0.1) is 4.90 Å². The van der Waals surface area contributed by atoms with Crippen LogP contribution in [0, 0.1) is 5.82 Å². The number of nitrogens with zero attached hydrogens (tertiary/aromatic N) is 1. The quantitative estimate of drug-likeness (QED) is 0.934. The fraction of sp³-hybridized carbons (Fsp3) is 0.154. The fourth-order valence-electron chi connectivity index (χ4n) is 1.66. The molecule has 0 spiro atoms. The van der Waals surface area contributed by atoms with Gasteiger partial charge in [-0.2, -0.15) is 0 Å². The lowest BCUT2D eigenvalue weighted by Gasteiger charge is -2.14. The molecule has 2 aromatic rings. The Labute approximate surface area is 111 Å². The van der Waals surface area contributed by atoms with Crippen LogP contribution in [0.15, 0.2) is 53.7 Å². The second-order valence-electron chi connectivity index (χ2n) is 4.08. The average molecular weight is 280 g/mol. The first-order valence-electron chi connectivity index (χ1n) is 5.67. The summed E-state index contributed by atoms with van der Waals surface area (Å²) in [6, 6.07) is 7.92. The van der Waals surface area contributed by atoms with E-state index in [-0.39, 0.29) is 4.90 Å². The minimum absolute atomic E-state index is 0.0894. The predicted molar refractivity (Wildman–Crippen MR) is 69.4 cm³/mol. The van der Waals surface area contributed by atoms with Gasteiger partial charge in [0.15, 0.2) is 0 Å². The summed E-state index contributed by atoms with van der Waals surface area (Å²) in [5.74, 6) is -0.584. The highest BCUT2D eigenvalue weighted by Gasteiger charge is 2.18. The first-order chi connectivity index (χ1) is 8.99. The van der Waals surface area contributed by atoms with Gasteiger partial charge in [0.25, 0.3) is 0 Å².